The normalized spacial score (nSPS) is 18.9. The summed E-state index contributed by atoms with van der Waals surface area (Å²) in [7, 11) is 0. The number of esters is 1. The summed E-state index contributed by atoms with van der Waals surface area (Å²) in [5, 5.41) is 0. The highest BCUT2D eigenvalue weighted by Gasteiger charge is 2.32. The van der Waals surface area contributed by atoms with Gasteiger partial charge in [0.05, 0.1) is 18.3 Å². The second kappa shape index (κ2) is 4.87. The Morgan fingerprint density at radius 3 is 2.88 bits per heavy atom. The van der Waals surface area contributed by atoms with E-state index in [1.54, 1.807) is 6.92 Å². The number of aromatic nitrogens is 2. The van der Waals surface area contributed by atoms with Gasteiger partial charge in [0.25, 0.3) is 0 Å². The van der Waals surface area contributed by atoms with Crippen molar-refractivity contribution in [1.29, 1.82) is 0 Å². The molecule has 1 aromatic rings. The van der Waals surface area contributed by atoms with E-state index in [9.17, 15) is 4.79 Å². The van der Waals surface area contributed by atoms with Crippen molar-refractivity contribution in [2.24, 2.45) is 5.73 Å². The van der Waals surface area contributed by atoms with Crippen molar-refractivity contribution in [3.8, 4) is 0 Å². The van der Waals surface area contributed by atoms with Crippen LogP contribution in [0.3, 0.4) is 0 Å². The van der Waals surface area contributed by atoms with Crippen LogP contribution in [0.4, 0.5) is 0 Å². The standard InChI is InChI=1S/C12H19N3O2/c1-2-17-10(16)9-8-14-11(15-9)12(13)6-4-3-5-7-12/h8H,2-7,13H2,1H3,(H,14,15). The van der Waals surface area contributed by atoms with Gasteiger partial charge in [-0.05, 0) is 19.8 Å². The molecule has 0 aliphatic heterocycles. The van der Waals surface area contributed by atoms with Crippen LogP contribution in [0.2, 0.25) is 0 Å². The van der Waals surface area contributed by atoms with Crippen LogP contribution in [0.5, 0.6) is 0 Å². The molecule has 0 unspecified atom stereocenters. The number of nitrogens with one attached hydrogen (secondary N) is 1. The molecule has 0 amide bonds. The van der Waals surface area contributed by atoms with Crippen LogP contribution in [-0.4, -0.2) is 22.5 Å². The fourth-order valence-corrected chi connectivity index (χ4v) is 2.31. The summed E-state index contributed by atoms with van der Waals surface area (Å²) in [6, 6.07) is 0. The minimum absolute atomic E-state index is 0.362. The number of rotatable bonds is 3. The number of H-pyrrole nitrogens is 1. The molecule has 17 heavy (non-hydrogen) atoms. The monoisotopic (exact) mass is 237 g/mol. The lowest BCUT2D eigenvalue weighted by Crippen LogP contribution is -2.39. The average molecular weight is 237 g/mol. The Balaban J connectivity index is 2.14. The zero-order valence-corrected chi connectivity index (χ0v) is 10.2. The first-order chi connectivity index (χ1) is 8.15. The third kappa shape index (κ3) is 2.49. The maximum absolute atomic E-state index is 11.5. The van der Waals surface area contributed by atoms with Crippen molar-refractivity contribution in [2.45, 2.75) is 44.6 Å². The smallest absolute Gasteiger partial charge is 0.356 e. The molecule has 0 aromatic carbocycles. The van der Waals surface area contributed by atoms with E-state index in [1.807, 2.05) is 0 Å². The van der Waals surface area contributed by atoms with E-state index >= 15 is 0 Å². The van der Waals surface area contributed by atoms with E-state index in [0.29, 0.717) is 18.1 Å². The highest BCUT2D eigenvalue weighted by atomic mass is 16.5. The Labute approximate surface area is 101 Å². The number of hydrogen-bond donors (Lipinski definition) is 2. The predicted octanol–water partition coefficient (Wildman–Crippen LogP) is 1.70. The number of hydrogen-bond acceptors (Lipinski definition) is 4. The number of carbonyl (C=O) groups is 1. The van der Waals surface area contributed by atoms with Gasteiger partial charge in [-0.2, -0.15) is 0 Å². The van der Waals surface area contributed by atoms with E-state index in [-0.39, 0.29) is 5.97 Å². The first kappa shape index (κ1) is 12.1. The molecular formula is C12H19N3O2. The maximum atomic E-state index is 11.5. The molecule has 1 aliphatic rings. The van der Waals surface area contributed by atoms with Crippen LogP contribution < -0.4 is 5.73 Å². The maximum Gasteiger partial charge on any atom is 0.356 e. The van der Waals surface area contributed by atoms with Gasteiger partial charge >= 0.3 is 5.97 Å². The second-order valence-corrected chi connectivity index (χ2v) is 4.58. The Morgan fingerprint density at radius 2 is 2.24 bits per heavy atom. The van der Waals surface area contributed by atoms with Crippen molar-refractivity contribution in [3.63, 3.8) is 0 Å². The van der Waals surface area contributed by atoms with Crippen LogP contribution in [0.25, 0.3) is 0 Å². The van der Waals surface area contributed by atoms with Gasteiger partial charge in [0.15, 0.2) is 0 Å². The lowest BCUT2D eigenvalue weighted by Gasteiger charge is -2.31. The molecule has 1 aliphatic carbocycles. The third-order valence-electron chi connectivity index (χ3n) is 3.29. The van der Waals surface area contributed by atoms with E-state index in [1.165, 1.54) is 12.6 Å². The first-order valence-electron chi connectivity index (χ1n) is 6.17. The summed E-state index contributed by atoms with van der Waals surface area (Å²) in [6.07, 6.45) is 6.81. The molecule has 5 nitrogen and oxygen atoms in total. The largest absolute Gasteiger partial charge is 0.461 e. The van der Waals surface area contributed by atoms with Crippen molar-refractivity contribution in [3.05, 3.63) is 17.7 Å². The number of carbonyl (C=O) groups excluding carboxylic acids is 1. The Morgan fingerprint density at radius 1 is 1.53 bits per heavy atom. The number of imidazole rings is 1. The molecule has 0 saturated heterocycles. The van der Waals surface area contributed by atoms with Crippen molar-refractivity contribution >= 4 is 5.97 Å². The lowest BCUT2D eigenvalue weighted by atomic mass is 9.82. The quantitative estimate of drug-likeness (QED) is 0.784. The molecule has 2 rings (SSSR count). The van der Waals surface area contributed by atoms with E-state index in [4.69, 9.17) is 10.5 Å². The summed E-state index contributed by atoms with van der Waals surface area (Å²) in [5.41, 5.74) is 6.31. The van der Waals surface area contributed by atoms with E-state index in [2.05, 4.69) is 9.97 Å². The van der Waals surface area contributed by atoms with Crippen molar-refractivity contribution in [1.82, 2.24) is 9.97 Å². The van der Waals surface area contributed by atoms with Crippen molar-refractivity contribution < 1.29 is 9.53 Å². The third-order valence-corrected chi connectivity index (χ3v) is 3.29. The van der Waals surface area contributed by atoms with Gasteiger partial charge in [-0.1, -0.05) is 19.3 Å². The number of nitrogens with zero attached hydrogens (tertiary/aromatic N) is 1. The molecule has 1 fully saturated rings. The molecule has 5 heteroatoms. The predicted molar refractivity (Wildman–Crippen MR) is 63.5 cm³/mol. The Bertz CT molecular complexity index is 394. The molecule has 1 heterocycles. The highest BCUT2D eigenvalue weighted by molar-refractivity contribution is 5.87. The molecular weight excluding hydrogens is 218 g/mol. The molecule has 1 aromatic heterocycles. The van der Waals surface area contributed by atoms with Crippen LogP contribution in [0.1, 0.15) is 55.3 Å². The zero-order valence-electron chi connectivity index (χ0n) is 10.2. The van der Waals surface area contributed by atoms with Crippen LogP contribution in [0.15, 0.2) is 6.20 Å². The topological polar surface area (TPSA) is 81.0 Å². The zero-order chi connectivity index (χ0) is 12.3. The van der Waals surface area contributed by atoms with Crippen LogP contribution in [0, 0.1) is 0 Å². The number of nitrogens with two attached hydrogens (primary N) is 1. The fourth-order valence-electron chi connectivity index (χ4n) is 2.31. The average Bonchev–Trinajstić information content (AvgIpc) is 2.80. The lowest BCUT2D eigenvalue weighted by molar-refractivity contribution is 0.0519. The Kier molecular flexibility index (Phi) is 3.47. The summed E-state index contributed by atoms with van der Waals surface area (Å²) in [4.78, 5) is 18.7. The first-order valence-corrected chi connectivity index (χ1v) is 6.17. The molecule has 0 spiro atoms. The van der Waals surface area contributed by atoms with Gasteiger partial charge in [0.1, 0.15) is 11.5 Å². The molecule has 94 valence electrons. The molecule has 0 radical (unpaired) electrons. The van der Waals surface area contributed by atoms with Gasteiger partial charge in [-0.3, -0.25) is 0 Å². The van der Waals surface area contributed by atoms with Gasteiger partial charge in [-0.15, -0.1) is 0 Å². The van der Waals surface area contributed by atoms with Crippen LogP contribution >= 0.6 is 0 Å². The number of aromatic amines is 1. The van der Waals surface area contributed by atoms with Crippen LogP contribution in [-0.2, 0) is 10.3 Å². The minimum Gasteiger partial charge on any atom is -0.461 e. The SMILES string of the molecule is CCOC(=O)c1cnc(C2(N)CCCCC2)[nH]1. The fraction of sp³-hybridized carbons (Fsp3) is 0.667. The number of ether oxygens (including phenoxy) is 1. The van der Waals surface area contributed by atoms with Gasteiger partial charge in [-0.25, -0.2) is 9.78 Å². The summed E-state index contributed by atoms with van der Waals surface area (Å²) < 4.78 is 4.91. The van der Waals surface area contributed by atoms with E-state index < -0.39 is 5.54 Å². The summed E-state index contributed by atoms with van der Waals surface area (Å²) >= 11 is 0. The summed E-state index contributed by atoms with van der Waals surface area (Å²) in [5.74, 6) is 0.339. The molecule has 0 atom stereocenters. The Hall–Kier alpha value is -1.36. The van der Waals surface area contributed by atoms with E-state index in [0.717, 1.165) is 25.7 Å². The molecule has 0 bridgehead atoms. The van der Waals surface area contributed by atoms with Crippen molar-refractivity contribution in [2.75, 3.05) is 6.61 Å². The highest BCUT2D eigenvalue weighted by Crippen LogP contribution is 2.32. The van der Waals surface area contributed by atoms with Gasteiger partial charge < -0.3 is 15.5 Å². The minimum atomic E-state index is -0.400. The summed E-state index contributed by atoms with van der Waals surface area (Å²) in [6.45, 7) is 2.14. The molecule has 1 saturated carbocycles. The second-order valence-electron chi connectivity index (χ2n) is 4.58. The van der Waals surface area contributed by atoms with Gasteiger partial charge in [0, 0.05) is 0 Å². The molecule has 3 N–H and O–H groups in total. The van der Waals surface area contributed by atoms with Gasteiger partial charge in [0.2, 0.25) is 0 Å².